The summed E-state index contributed by atoms with van der Waals surface area (Å²) in [4.78, 5) is 11.9. The molecule has 136 valence electrons. The summed E-state index contributed by atoms with van der Waals surface area (Å²) in [5.74, 6) is 1.66. The number of nitrogens with zero attached hydrogens (tertiary/aromatic N) is 9. The number of azo groups is 1. The maximum absolute atomic E-state index is 7.34. The summed E-state index contributed by atoms with van der Waals surface area (Å²) < 4.78 is 2.95. The van der Waals surface area contributed by atoms with Gasteiger partial charge in [-0.2, -0.15) is 14.9 Å². The second-order valence-electron chi connectivity index (χ2n) is 5.68. The number of hydrogen-bond acceptors (Lipinski definition) is 7. The van der Waals surface area contributed by atoms with Gasteiger partial charge in [0.15, 0.2) is 29.0 Å². The summed E-state index contributed by atoms with van der Waals surface area (Å²) in [7, 11) is 0. The van der Waals surface area contributed by atoms with Crippen molar-refractivity contribution in [3.8, 4) is 11.6 Å². The summed E-state index contributed by atoms with van der Waals surface area (Å²) in [6.45, 7) is 9.12. The molecule has 0 radical (unpaired) electrons. The van der Waals surface area contributed by atoms with E-state index in [0.717, 1.165) is 0 Å². The number of anilines is 1. The molecule has 0 unspecified atom stereocenters. The molecule has 0 aliphatic heterocycles. The highest BCUT2D eigenvalue weighted by Gasteiger charge is 2.16. The Morgan fingerprint density at radius 2 is 1.68 bits per heavy atom. The number of aryl methyl sites for hydroxylation is 1. The molecule has 2 N–H and O–H groups in total. The van der Waals surface area contributed by atoms with Crippen molar-refractivity contribution in [2.45, 2.75) is 6.92 Å². The Bertz CT molecular complexity index is 1180. The Balaban J connectivity index is 1.76. The van der Waals surface area contributed by atoms with Crippen LogP contribution in [0.2, 0.25) is 0 Å². The molecule has 0 aliphatic rings. The van der Waals surface area contributed by atoms with E-state index in [0.29, 0.717) is 28.8 Å². The lowest BCUT2D eigenvalue weighted by Gasteiger charge is -2.03. The van der Waals surface area contributed by atoms with Gasteiger partial charge in [-0.15, -0.1) is 10.2 Å². The number of hydrogen-bond donors (Lipinski definition) is 1. The lowest BCUT2D eigenvalue weighted by molar-refractivity contribution is 0.839. The first-order chi connectivity index (χ1) is 13.7. The van der Waals surface area contributed by atoms with E-state index in [1.165, 1.54) is 15.6 Å². The smallest absolute Gasteiger partial charge is 0.252 e. The molecule has 0 aromatic carbocycles. The van der Waals surface area contributed by atoms with Crippen molar-refractivity contribution in [2.24, 2.45) is 10.2 Å². The van der Waals surface area contributed by atoms with Crippen LogP contribution in [0.1, 0.15) is 5.69 Å². The quantitative estimate of drug-likeness (QED) is 0.434. The summed E-state index contributed by atoms with van der Waals surface area (Å²) in [6.07, 6.45) is 4.71. The maximum atomic E-state index is 7.34. The minimum atomic E-state index is 0.253. The normalized spacial score (nSPS) is 11.0. The molecule has 0 spiro atoms. The van der Waals surface area contributed by atoms with Crippen LogP contribution in [0.15, 0.2) is 65.2 Å². The van der Waals surface area contributed by atoms with E-state index in [2.05, 4.69) is 35.2 Å². The lowest BCUT2D eigenvalue weighted by Crippen LogP contribution is -2.03. The van der Waals surface area contributed by atoms with Gasteiger partial charge in [-0.1, -0.05) is 12.1 Å². The minimum absolute atomic E-state index is 0.253. The first-order valence-electron chi connectivity index (χ1n) is 8.24. The van der Waals surface area contributed by atoms with E-state index in [1.807, 2.05) is 12.1 Å². The van der Waals surface area contributed by atoms with E-state index in [9.17, 15) is 0 Å². The van der Waals surface area contributed by atoms with E-state index < -0.39 is 0 Å². The van der Waals surface area contributed by atoms with Crippen molar-refractivity contribution in [3.05, 3.63) is 72.1 Å². The lowest BCUT2D eigenvalue weighted by atomic mass is 10.4. The highest BCUT2D eigenvalue weighted by Crippen LogP contribution is 2.34. The second kappa shape index (κ2) is 7.08. The highest BCUT2D eigenvalue weighted by molar-refractivity contribution is 5.66. The first kappa shape index (κ1) is 17.0. The molecular formula is C18H14N10. The number of nitrogen functional groups attached to an aromatic ring is 1. The van der Waals surface area contributed by atoms with Gasteiger partial charge in [-0.3, -0.25) is 0 Å². The van der Waals surface area contributed by atoms with Crippen molar-refractivity contribution in [2.75, 3.05) is 5.73 Å². The van der Waals surface area contributed by atoms with Gasteiger partial charge >= 0.3 is 0 Å². The van der Waals surface area contributed by atoms with Crippen LogP contribution < -0.4 is 5.73 Å². The molecule has 10 heteroatoms. The minimum Gasteiger partial charge on any atom is -0.382 e. The van der Waals surface area contributed by atoms with Gasteiger partial charge in [0, 0.05) is 12.4 Å². The van der Waals surface area contributed by atoms with Crippen LogP contribution in [0.25, 0.3) is 16.5 Å². The van der Waals surface area contributed by atoms with Gasteiger partial charge in [-0.25, -0.2) is 19.5 Å². The van der Waals surface area contributed by atoms with Crippen molar-refractivity contribution in [3.63, 3.8) is 0 Å². The Hall–Kier alpha value is -4.39. The molecule has 28 heavy (non-hydrogen) atoms. The van der Waals surface area contributed by atoms with Gasteiger partial charge in [0.25, 0.3) is 5.69 Å². The van der Waals surface area contributed by atoms with E-state index >= 15 is 0 Å². The zero-order chi connectivity index (χ0) is 19.5. The van der Waals surface area contributed by atoms with Gasteiger partial charge in [0.2, 0.25) is 0 Å². The molecule has 4 aromatic rings. The van der Waals surface area contributed by atoms with Gasteiger partial charge in [-0.05, 0) is 31.2 Å². The largest absolute Gasteiger partial charge is 0.382 e. The predicted octanol–water partition coefficient (Wildman–Crippen LogP) is 3.70. The summed E-state index contributed by atoms with van der Waals surface area (Å²) in [6, 6.07) is 10.8. The fourth-order valence-electron chi connectivity index (χ4n) is 2.56. The van der Waals surface area contributed by atoms with Crippen LogP contribution in [0.5, 0.6) is 0 Å². The Morgan fingerprint density at radius 1 is 1.00 bits per heavy atom. The molecule has 0 aliphatic carbocycles. The highest BCUT2D eigenvalue weighted by atomic mass is 15.4. The SMILES string of the molecule is [C-]#[N+]c1cnn(-c2ccccn2)c1/N=N/c1c(C)nn(-c2ccccn2)c1N. The third-order valence-electron chi connectivity index (χ3n) is 3.89. The first-order valence-corrected chi connectivity index (χ1v) is 8.24. The molecule has 0 saturated heterocycles. The fourth-order valence-corrected chi connectivity index (χ4v) is 2.56. The number of rotatable bonds is 4. The molecule has 4 rings (SSSR count). The molecule has 0 atom stereocenters. The van der Waals surface area contributed by atoms with E-state index in [4.69, 9.17) is 12.3 Å². The topological polar surface area (TPSA) is 117 Å². The summed E-state index contributed by atoms with van der Waals surface area (Å²) >= 11 is 0. The number of nitrogens with two attached hydrogens (primary N) is 1. The third kappa shape index (κ3) is 2.97. The van der Waals surface area contributed by atoms with Crippen LogP contribution in [-0.4, -0.2) is 29.5 Å². The molecule has 0 amide bonds. The van der Waals surface area contributed by atoms with Crippen molar-refractivity contribution in [1.82, 2.24) is 29.5 Å². The zero-order valence-electron chi connectivity index (χ0n) is 14.8. The van der Waals surface area contributed by atoms with E-state index in [1.54, 1.807) is 43.6 Å². The van der Waals surface area contributed by atoms with E-state index in [-0.39, 0.29) is 11.5 Å². The average molecular weight is 370 g/mol. The van der Waals surface area contributed by atoms with Crippen molar-refractivity contribution >= 4 is 23.0 Å². The molecule has 4 heterocycles. The molecule has 4 aromatic heterocycles. The number of aromatic nitrogens is 6. The molecule has 0 fully saturated rings. The van der Waals surface area contributed by atoms with Gasteiger partial charge < -0.3 is 5.73 Å². The van der Waals surface area contributed by atoms with Gasteiger partial charge in [0.1, 0.15) is 0 Å². The second-order valence-corrected chi connectivity index (χ2v) is 5.68. The van der Waals surface area contributed by atoms with Gasteiger partial charge in [0.05, 0.1) is 18.5 Å². The van der Waals surface area contributed by atoms with Crippen molar-refractivity contribution < 1.29 is 0 Å². The van der Waals surface area contributed by atoms with Crippen LogP contribution >= 0.6 is 0 Å². The molecular weight excluding hydrogens is 356 g/mol. The zero-order valence-corrected chi connectivity index (χ0v) is 14.8. The third-order valence-corrected chi connectivity index (χ3v) is 3.89. The van der Waals surface area contributed by atoms with Crippen molar-refractivity contribution in [1.29, 1.82) is 0 Å². The maximum Gasteiger partial charge on any atom is 0.252 e. The van der Waals surface area contributed by atoms with Crippen LogP contribution in [-0.2, 0) is 0 Å². The summed E-state index contributed by atoms with van der Waals surface area (Å²) in [5, 5.41) is 17.1. The predicted molar refractivity (Wildman–Crippen MR) is 102 cm³/mol. The molecule has 10 nitrogen and oxygen atoms in total. The average Bonchev–Trinajstić information content (AvgIpc) is 3.28. The van der Waals surface area contributed by atoms with Crippen LogP contribution in [0, 0.1) is 13.5 Å². The Kier molecular flexibility index (Phi) is 4.31. The molecule has 0 saturated carbocycles. The summed E-state index contributed by atoms with van der Waals surface area (Å²) in [5.41, 5.74) is 7.44. The van der Waals surface area contributed by atoms with Crippen LogP contribution in [0.3, 0.4) is 0 Å². The standard InChI is InChI=1S/C18H14N10/c1-12-16(17(19)27(26-12)14-7-3-5-9-21-14)24-25-18-13(20-2)11-23-28(18)15-8-4-6-10-22-15/h3-11H,19H2,1H3/b25-24+. The van der Waals surface area contributed by atoms with Crippen LogP contribution in [0.4, 0.5) is 23.0 Å². The Labute approximate surface area is 159 Å². The Morgan fingerprint density at radius 3 is 2.29 bits per heavy atom. The monoisotopic (exact) mass is 370 g/mol. The number of pyridine rings is 2. The molecule has 0 bridgehead atoms. The fraction of sp³-hybridized carbons (Fsp3) is 0.0556.